The normalized spacial score (nSPS) is 18.2. The van der Waals surface area contributed by atoms with E-state index in [1.54, 1.807) is 18.1 Å². The summed E-state index contributed by atoms with van der Waals surface area (Å²) in [6.45, 7) is 2.02. The molecular weight excluding hydrogens is 264 g/mol. The fraction of sp³-hybridized carbons (Fsp3) is 0.750. The molecule has 0 aromatic carbocycles. The van der Waals surface area contributed by atoms with E-state index < -0.39 is 0 Å². The molecular formula is C12H18N4S2. The van der Waals surface area contributed by atoms with Crippen LogP contribution in [0.1, 0.15) is 39.0 Å². The van der Waals surface area contributed by atoms with E-state index in [2.05, 4.69) is 20.7 Å². The number of nitrogens with one attached hydrogen (secondary N) is 1. The van der Waals surface area contributed by atoms with Gasteiger partial charge in [-0.05, 0) is 50.6 Å². The second-order valence-corrected chi connectivity index (χ2v) is 7.00. The molecule has 4 nitrogen and oxygen atoms in total. The summed E-state index contributed by atoms with van der Waals surface area (Å²) in [5.74, 6) is 1.06. The summed E-state index contributed by atoms with van der Waals surface area (Å²) in [6, 6.07) is 3.00. The van der Waals surface area contributed by atoms with E-state index in [0.29, 0.717) is 6.04 Å². The molecule has 0 aliphatic heterocycles. The van der Waals surface area contributed by atoms with Crippen LogP contribution < -0.4 is 5.32 Å². The van der Waals surface area contributed by atoms with E-state index in [0.717, 1.165) is 29.4 Å². The molecule has 1 heterocycles. The molecule has 6 heteroatoms. The smallest absolute Gasteiger partial charge is 0.169 e. The maximum atomic E-state index is 9.23. The first-order valence-corrected chi connectivity index (χ1v) is 8.06. The molecule has 98 valence electrons. The third-order valence-corrected chi connectivity index (χ3v) is 4.87. The summed E-state index contributed by atoms with van der Waals surface area (Å²) in [6.07, 6.45) is 7.17. The number of hydrogen-bond acceptors (Lipinski definition) is 6. The van der Waals surface area contributed by atoms with Crippen molar-refractivity contribution in [1.29, 1.82) is 5.26 Å². The van der Waals surface area contributed by atoms with Crippen molar-refractivity contribution >= 4 is 23.3 Å². The van der Waals surface area contributed by atoms with Gasteiger partial charge in [-0.2, -0.15) is 9.64 Å². The van der Waals surface area contributed by atoms with Crippen LogP contribution in [0.5, 0.6) is 0 Å². The van der Waals surface area contributed by atoms with Gasteiger partial charge in [-0.15, -0.1) is 0 Å². The average molecular weight is 282 g/mol. The fourth-order valence-corrected chi connectivity index (χ4v) is 3.32. The van der Waals surface area contributed by atoms with E-state index >= 15 is 0 Å². The van der Waals surface area contributed by atoms with Gasteiger partial charge in [0.25, 0.3) is 0 Å². The first kappa shape index (κ1) is 13.8. The molecule has 0 spiro atoms. The quantitative estimate of drug-likeness (QED) is 0.587. The number of thioether (sulfide) groups is 1. The molecule has 1 aliphatic rings. The summed E-state index contributed by atoms with van der Waals surface area (Å²) in [5, 5.41) is 12.7. The van der Waals surface area contributed by atoms with Crippen LogP contribution in [0.2, 0.25) is 0 Å². The van der Waals surface area contributed by atoms with Crippen molar-refractivity contribution in [2.45, 2.75) is 54.9 Å². The summed E-state index contributed by atoms with van der Waals surface area (Å²) in [5.41, 5.74) is -0.339. The Bertz CT molecular complexity index is 397. The topological polar surface area (TPSA) is 61.6 Å². The predicted octanol–water partition coefficient (Wildman–Crippen LogP) is 2.83. The largest absolute Gasteiger partial charge is 0.297 e. The van der Waals surface area contributed by atoms with Gasteiger partial charge in [-0.1, -0.05) is 11.8 Å². The molecule has 1 N–H and O–H groups in total. The van der Waals surface area contributed by atoms with Crippen LogP contribution in [0.15, 0.2) is 10.7 Å². The van der Waals surface area contributed by atoms with E-state index in [1.165, 1.54) is 24.4 Å². The van der Waals surface area contributed by atoms with Crippen LogP contribution in [0.25, 0.3) is 0 Å². The Morgan fingerprint density at radius 1 is 1.61 bits per heavy atom. The number of unbranched alkanes of at least 4 members (excludes halogenated alkanes) is 1. The fourth-order valence-electron chi connectivity index (χ4n) is 1.81. The molecule has 1 fully saturated rings. The highest BCUT2D eigenvalue weighted by Gasteiger charge is 2.31. The Kier molecular flexibility index (Phi) is 4.98. The lowest BCUT2D eigenvalue weighted by molar-refractivity contribution is 0.402. The highest BCUT2D eigenvalue weighted by atomic mass is 32.2. The summed E-state index contributed by atoms with van der Waals surface area (Å²) >= 11 is 3.20. The van der Waals surface area contributed by atoms with Crippen molar-refractivity contribution in [3.63, 3.8) is 0 Å². The number of aromatic nitrogens is 2. The summed E-state index contributed by atoms with van der Waals surface area (Å²) < 4.78 is 5.01. The first-order valence-electron chi connectivity index (χ1n) is 6.30. The summed E-state index contributed by atoms with van der Waals surface area (Å²) in [4.78, 5) is 4.13. The molecule has 1 unspecified atom stereocenters. The molecule has 1 aliphatic carbocycles. The van der Waals surface area contributed by atoms with Crippen LogP contribution in [-0.4, -0.2) is 26.7 Å². The van der Waals surface area contributed by atoms with Gasteiger partial charge in [0.15, 0.2) is 4.34 Å². The van der Waals surface area contributed by atoms with Gasteiger partial charge in [0.05, 0.1) is 6.07 Å². The third-order valence-electron chi connectivity index (χ3n) is 2.98. The third kappa shape index (κ3) is 4.56. The van der Waals surface area contributed by atoms with E-state index in [4.69, 9.17) is 0 Å². The molecule has 0 bridgehead atoms. The Hall–Kier alpha value is -0.640. The molecule has 1 aromatic heterocycles. The lowest BCUT2D eigenvalue weighted by atomic mass is 9.96. The van der Waals surface area contributed by atoms with Gasteiger partial charge in [0.1, 0.15) is 11.9 Å². The van der Waals surface area contributed by atoms with Crippen molar-refractivity contribution < 1.29 is 0 Å². The molecule has 1 aromatic rings. The monoisotopic (exact) mass is 282 g/mol. The number of hydrogen-bond donors (Lipinski definition) is 1. The van der Waals surface area contributed by atoms with Crippen LogP contribution in [0.4, 0.5) is 0 Å². The zero-order chi connectivity index (χ0) is 12.8. The highest BCUT2D eigenvalue weighted by Crippen LogP contribution is 2.25. The lowest BCUT2D eigenvalue weighted by Crippen LogP contribution is -2.42. The minimum Gasteiger partial charge on any atom is -0.297 e. The second-order valence-electron chi connectivity index (χ2n) is 4.88. The van der Waals surface area contributed by atoms with Gasteiger partial charge in [-0.3, -0.25) is 5.32 Å². The first-order chi connectivity index (χ1) is 8.72. The van der Waals surface area contributed by atoms with E-state index in [-0.39, 0.29) is 5.54 Å². The maximum Gasteiger partial charge on any atom is 0.169 e. The molecule has 1 atom stereocenters. The maximum absolute atomic E-state index is 9.23. The minimum absolute atomic E-state index is 0.339. The predicted molar refractivity (Wildman–Crippen MR) is 74.7 cm³/mol. The van der Waals surface area contributed by atoms with Gasteiger partial charge >= 0.3 is 0 Å². The molecule has 0 saturated heterocycles. The average Bonchev–Trinajstić information content (AvgIpc) is 3.01. The van der Waals surface area contributed by atoms with Gasteiger partial charge in [-0.25, -0.2) is 4.98 Å². The molecule has 0 amide bonds. The molecule has 2 rings (SSSR count). The van der Waals surface area contributed by atoms with Crippen molar-refractivity contribution in [2.75, 3.05) is 5.75 Å². The summed E-state index contributed by atoms with van der Waals surface area (Å²) in [7, 11) is 0. The minimum atomic E-state index is -0.339. The standard InChI is InChI=1S/C12H18N4S2/c1-12(8-13,16-10-4-5-10)6-2-3-7-17-11-14-9-15-18-11/h9-10,16H,2-7H2,1H3. The van der Waals surface area contributed by atoms with Crippen molar-refractivity contribution in [1.82, 2.24) is 14.7 Å². The van der Waals surface area contributed by atoms with Gasteiger partial charge in [0, 0.05) is 11.8 Å². The molecule has 1 saturated carbocycles. The Balaban J connectivity index is 1.60. The van der Waals surface area contributed by atoms with Crippen molar-refractivity contribution in [3.05, 3.63) is 6.33 Å². The highest BCUT2D eigenvalue weighted by molar-refractivity contribution is 8.00. The number of nitrogens with zero attached hydrogens (tertiary/aromatic N) is 3. The number of nitriles is 1. The van der Waals surface area contributed by atoms with Crippen molar-refractivity contribution in [3.8, 4) is 6.07 Å². The number of rotatable bonds is 8. The second kappa shape index (κ2) is 6.50. The SMILES string of the molecule is CC(C#N)(CCCCSc1ncns1)NC1CC1. The Morgan fingerprint density at radius 3 is 3.06 bits per heavy atom. The molecule has 0 radical (unpaired) electrons. The zero-order valence-electron chi connectivity index (χ0n) is 10.6. The van der Waals surface area contributed by atoms with Gasteiger partial charge < -0.3 is 0 Å². The van der Waals surface area contributed by atoms with E-state index in [1.807, 2.05) is 6.92 Å². The van der Waals surface area contributed by atoms with Crippen LogP contribution >= 0.6 is 23.3 Å². The lowest BCUT2D eigenvalue weighted by Gasteiger charge is -2.23. The molecule has 18 heavy (non-hydrogen) atoms. The van der Waals surface area contributed by atoms with Crippen LogP contribution in [0.3, 0.4) is 0 Å². The van der Waals surface area contributed by atoms with Gasteiger partial charge in [0.2, 0.25) is 0 Å². The van der Waals surface area contributed by atoms with Crippen molar-refractivity contribution in [2.24, 2.45) is 0 Å². The van der Waals surface area contributed by atoms with Crippen LogP contribution in [0, 0.1) is 11.3 Å². The Morgan fingerprint density at radius 2 is 2.44 bits per heavy atom. The zero-order valence-corrected chi connectivity index (χ0v) is 12.2. The van der Waals surface area contributed by atoms with E-state index in [9.17, 15) is 5.26 Å². The van der Waals surface area contributed by atoms with Crippen LogP contribution in [-0.2, 0) is 0 Å². The Labute approximate surface area is 116 Å².